The van der Waals surface area contributed by atoms with Crippen LogP contribution in [0, 0.1) is 0 Å². The molecular formula is C15H21Cl2N3O. The highest BCUT2D eigenvalue weighted by Gasteiger charge is 2.36. The molecule has 2 aliphatic rings. The van der Waals surface area contributed by atoms with Gasteiger partial charge in [-0.15, -0.1) is 0 Å². The summed E-state index contributed by atoms with van der Waals surface area (Å²) in [4.78, 5) is 8.65. The van der Waals surface area contributed by atoms with Crippen LogP contribution in [0.25, 0.3) is 0 Å². The smallest absolute Gasteiger partial charge is 0.0834 e. The number of piperidine rings is 1. The molecule has 0 amide bonds. The Hall–Kier alpha value is -0.390. The van der Waals surface area contributed by atoms with Crippen LogP contribution >= 0.6 is 23.2 Å². The van der Waals surface area contributed by atoms with Crippen LogP contribution in [0.1, 0.15) is 24.8 Å². The van der Waals surface area contributed by atoms with E-state index in [0.29, 0.717) is 23.1 Å². The minimum Gasteiger partial charge on any atom is -0.390 e. The number of nitrogens with zero attached hydrogens (tertiary/aromatic N) is 3. The lowest BCUT2D eigenvalue weighted by atomic mass is 10.1. The van der Waals surface area contributed by atoms with E-state index >= 15 is 0 Å². The molecule has 2 saturated heterocycles. The summed E-state index contributed by atoms with van der Waals surface area (Å²) in [5.74, 6) is 0. The van der Waals surface area contributed by atoms with Crippen molar-refractivity contribution in [3.8, 4) is 0 Å². The third-order valence-corrected chi connectivity index (χ3v) is 5.18. The van der Waals surface area contributed by atoms with Gasteiger partial charge in [-0.1, -0.05) is 29.6 Å². The molecule has 2 aliphatic heterocycles. The molecule has 0 saturated carbocycles. The number of hydrogen-bond donors (Lipinski definition) is 1. The van der Waals surface area contributed by atoms with Crippen LogP contribution in [0.4, 0.5) is 0 Å². The normalized spacial score (nSPS) is 28.1. The zero-order valence-electron chi connectivity index (χ0n) is 12.0. The number of halogens is 2. The monoisotopic (exact) mass is 329 g/mol. The molecule has 0 bridgehead atoms. The van der Waals surface area contributed by atoms with Crippen molar-refractivity contribution in [3.05, 3.63) is 28.0 Å². The summed E-state index contributed by atoms with van der Waals surface area (Å²) in [7, 11) is 0. The maximum atomic E-state index is 10.4. The second kappa shape index (κ2) is 6.80. The van der Waals surface area contributed by atoms with Gasteiger partial charge in [0.25, 0.3) is 0 Å². The highest BCUT2D eigenvalue weighted by molar-refractivity contribution is 6.35. The zero-order valence-corrected chi connectivity index (χ0v) is 13.5. The fraction of sp³-hybridized carbons (Fsp3) is 0.667. The molecule has 0 radical (unpaired) electrons. The van der Waals surface area contributed by atoms with Crippen LogP contribution in [0.15, 0.2) is 12.4 Å². The molecule has 116 valence electrons. The lowest BCUT2D eigenvalue weighted by Gasteiger charge is -2.33. The van der Waals surface area contributed by atoms with E-state index in [0.717, 1.165) is 25.2 Å². The van der Waals surface area contributed by atoms with E-state index in [1.165, 1.54) is 19.3 Å². The Bertz CT molecular complexity index is 474. The average molecular weight is 330 g/mol. The van der Waals surface area contributed by atoms with Crippen molar-refractivity contribution in [1.82, 2.24) is 14.8 Å². The molecule has 3 heterocycles. The first-order valence-corrected chi connectivity index (χ1v) is 8.33. The van der Waals surface area contributed by atoms with E-state index in [1.54, 1.807) is 12.4 Å². The van der Waals surface area contributed by atoms with Gasteiger partial charge in [-0.05, 0) is 25.9 Å². The summed E-state index contributed by atoms with van der Waals surface area (Å²) in [6.45, 7) is 4.42. The quantitative estimate of drug-likeness (QED) is 0.924. The standard InChI is InChI=1S/C15H21Cl2N3O/c16-12-6-18-7-13(17)11(12)8-19-9-14(15(21)10-19)20-4-2-1-3-5-20/h6-7,14-15,21H,1-5,8-10H2/t14-,15-/m1/s1. The van der Waals surface area contributed by atoms with Crippen molar-refractivity contribution in [2.45, 2.75) is 38.0 Å². The summed E-state index contributed by atoms with van der Waals surface area (Å²) >= 11 is 12.4. The van der Waals surface area contributed by atoms with Crippen molar-refractivity contribution < 1.29 is 5.11 Å². The summed E-state index contributed by atoms with van der Waals surface area (Å²) in [5.41, 5.74) is 0.903. The number of hydrogen-bond acceptors (Lipinski definition) is 4. The van der Waals surface area contributed by atoms with E-state index < -0.39 is 0 Å². The third-order valence-electron chi connectivity index (χ3n) is 4.53. The van der Waals surface area contributed by atoms with Crippen LogP contribution in [-0.4, -0.2) is 58.2 Å². The predicted molar refractivity (Wildman–Crippen MR) is 84.8 cm³/mol. The summed E-state index contributed by atoms with van der Waals surface area (Å²) in [5, 5.41) is 11.6. The molecule has 1 N–H and O–H groups in total. The number of pyridine rings is 1. The second-order valence-corrected chi connectivity index (χ2v) is 6.82. The molecule has 0 aromatic carbocycles. The average Bonchev–Trinajstić information content (AvgIpc) is 2.85. The molecule has 2 fully saturated rings. The minimum atomic E-state index is -0.289. The molecule has 0 unspecified atom stereocenters. The van der Waals surface area contributed by atoms with Gasteiger partial charge in [0.05, 0.1) is 16.1 Å². The van der Waals surface area contributed by atoms with Gasteiger partial charge in [-0.3, -0.25) is 14.8 Å². The first-order valence-electron chi connectivity index (χ1n) is 7.57. The second-order valence-electron chi connectivity index (χ2n) is 6.01. The van der Waals surface area contributed by atoms with Crippen molar-refractivity contribution in [2.24, 2.45) is 0 Å². The number of β-amino-alcohol motifs (C(OH)–C–C–N with tert-alkyl or cyclic N) is 1. The van der Waals surface area contributed by atoms with Gasteiger partial charge in [-0.25, -0.2) is 0 Å². The third kappa shape index (κ3) is 3.51. The van der Waals surface area contributed by atoms with Crippen LogP contribution in [-0.2, 0) is 6.54 Å². The Morgan fingerprint density at radius 1 is 1.10 bits per heavy atom. The fourth-order valence-electron chi connectivity index (χ4n) is 3.40. The van der Waals surface area contributed by atoms with Gasteiger partial charge < -0.3 is 5.11 Å². The van der Waals surface area contributed by atoms with E-state index in [2.05, 4.69) is 14.8 Å². The van der Waals surface area contributed by atoms with Crippen molar-refractivity contribution in [3.63, 3.8) is 0 Å². The van der Waals surface area contributed by atoms with Crippen LogP contribution in [0.3, 0.4) is 0 Å². The molecule has 0 aliphatic carbocycles. The largest absolute Gasteiger partial charge is 0.390 e. The Morgan fingerprint density at radius 3 is 2.43 bits per heavy atom. The van der Waals surface area contributed by atoms with Gasteiger partial charge in [0.2, 0.25) is 0 Å². The minimum absolute atomic E-state index is 0.240. The molecule has 1 aromatic heterocycles. The number of aliphatic hydroxyl groups is 1. The fourth-order valence-corrected chi connectivity index (χ4v) is 3.88. The molecule has 4 nitrogen and oxygen atoms in total. The summed E-state index contributed by atoms with van der Waals surface area (Å²) in [6.07, 6.45) is 6.75. The Labute approximate surface area is 135 Å². The van der Waals surface area contributed by atoms with Crippen LogP contribution < -0.4 is 0 Å². The highest BCUT2D eigenvalue weighted by Crippen LogP contribution is 2.27. The van der Waals surface area contributed by atoms with Gasteiger partial charge in [0.1, 0.15) is 0 Å². The van der Waals surface area contributed by atoms with Gasteiger partial charge in [0.15, 0.2) is 0 Å². The number of aliphatic hydroxyl groups excluding tert-OH is 1. The van der Waals surface area contributed by atoms with E-state index in [-0.39, 0.29) is 12.1 Å². The van der Waals surface area contributed by atoms with Crippen molar-refractivity contribution in [2.75, 3.05) is 26.2 Å². The maximum absolute atomic E-state index is 10.4. The summed E-state index contributed by atoms with van der Waals surface area (Å²) in [6, 6.07) is 0.240. The first-order chi connectivity index (χ1) is 10.1. The number of rotatable bonds is 3. The lowest BCUT2D eigenvalue weighted by Crippen LogP contribution is -2.45. The molecule has 2 atom stereocenters. The van der Waals surface area contributed by atoms with Gasteiger partial charge in [0, 0.05) is 43.6 Å². The number of likely N-dealkylation sites (tertiary alicyclic amines) is 2. The van der Waals surface area contributed by atoms with E-state index in [9.17, 15) is 5.11 Å². The Morgan fingerprint density at radius 2 is 1.76 bits per heavy atom. The van der Waals surface area contributed by atoms with Gasteiger partial charge in [-0.2, -0.15) is 0 Å². The molecule has 3 rings (SSSR count). The molecule has 0 spiro atoms. The Kier molecular flexibility index (Phi) is 5.02. The topological polar surface area (TPSA) is 39.6 Å². The van der Waals surface area contributed by atoms with E-state index in [4.69, 9.17) is 23.2 Å². The maximum Gasteiger partial charge on any atom is 0.0834 e. The lowest BCUT2D eigenvalue weighted by molar-refractivity contribution is 0.0706. The number of aromatic nitrogens is 1. The SMILES string of the molecule is O[C@@H]1CN(Cc2c(Cl)cncc2Cl)C[C@H]1N1CCCCC1. The predicted octanol–water partition coefficient (Wildman–Crippen LogP) is 2.42. The van der Waals surface area contributed by atoms with Crippen LogP contribution in [0.2, 0.25) is 10.0 Å². The molecule has 1 aromatic rings. The van der Waals surface area contributed by atoms with E-state index in [1.807, 2.05) is 0 Å². The highest BCUT2D eigenvalue weighted by atomic mass is 35.5. The molecule has 6 heteroatoms. The molecule has 21 heavy (non-hydrogen) atoms. The van der Waals surface area contributed by atoms with Crippen LogP contribution in [0.5, 0.6) is 0 Å². The molecular weight excluding hydrogens is 309 g/mol. The zero-order chi connectivity index (χ0) is 14.8. The van der Waals surface area contributed by atoms with Gasteiger partial charge >= 0.3 is 0 Å². The van der Waals surface area contributed by atoms with Crippen molar-refractivity contribution >= 4 is 23.2 Å². The first kappa shape index (κ1) is 15.5. The summed E-state index contributed by atoms with van der Waals surface area (Å²) < 4.78 is 0. The van der Waals surface area contributed by atoms with Crippen molar-refractivity contribution in [1.29, 1.82) is 0 Å². The Balaban J connectivity index is 1.65.